The Bertz CT molecular complexity index is 1490. The SMILES string of the molecule is CCN(CC)C(=O)[C@H]1CCCN(Cc2ccc(C(=O)N(C)CCN3CCC(OC(=O)Nc4ccccc4-c4ccccc4)CC3)cc2)C1. The largest absolute Gasteiger partial charge is 0.446 e. The molecule has 1 N–H and O–H groups in total. The fourth-order valence-electron chi connectivity index (χ4n) is 6.82. The number of ether oxygens (including phenoxy) is 1. The van der Waals surface area contributed by atoms with Gasteiger partial charge < -0.3 is 19.4 Å². The number of carbonyl (C=O) groups excluding carboxylic acids is 3. The topological polar surface area (TPSA) is 85.4 Å². The Labute approximate surface area is 285 Å². The third-order valence-electron chi connectivity index (χ3n) is 9.69. The summed E-state index contributed by atoms with van der Waals surface area (Å²) in [6, 6.07) is 25.6. The van der Waals surface area contributed by atoms with Crippen molar-refractivity contribution < 1.29 is 19.1 Å². The first kappa shape index (κ1) is 35.1. The maximum Gasteiger partial charge on any atom is 0.411 e. The Kier molecular flexibility index (Phi) is 12.6. The van der Waals surface area contributed by atoms with Gasteiger partial charge in [-0.2, -0.15) is 0 Å². The molecule has 3 amide bonds. The molecule has 0 saturated carbocycles. The lowest BCUT2D eigenvalue weighted by atomic mass is 9.96. The van der Waals surface area contributed by atoms with E-state index in [4.69, 9.17) is 4.74 Å². The molecular formula is C39H51N5O4. The normalized spacial score (nSPS) is 17.4. The lowest BCUT2D eigenvalue weighted by molar-refractivity contribution is -0.137. The van der Waals surface area contributed by atoms with E-state index in [0.717, 1.165) is 100 Å². The van der Waals surface area contributed by atoms with E-state index in [-0.39, 0.29) is 23.8 Å². The van der Waals surface area contributed by atoms with Crippen LogP contribution in [0.1, 0.15) is 55.5 Å². The van der Waals surface area contributed by atoms with Crippen molar-refractivity contribution in [3.63, 3.8) is 0 Å². The molecule has 2 aliphatic heterocycles. The first-order valence-electron chi connectivity index (χ1n) is 17.5. The molecule has 0 bridgehead atoms. The smallest absolute Gasteiger partial charge is 0.411 e. The van der Waals surface area contributed by atoms with Crippen molar-refractivity contribution in [1.82, 2.24) is 19.6 Å². The number of carbonyl (C=O) groups is 3. The molecule has 2 saturated heterocycles. The summed E-state index contributed by atoms with van der Waals surface area (Å²) < 4.78 is 5.79. The minimum Gasteiger partial charge on any atom is -0.446 e. The molecule has 0 spiro atoms. The molecule has 0 aliphatic carbocycles. The summed E-state index contributed by atoms with van der Waals surface area (Å²) in [5.74, 6) is 0.352. The zero-order chi connectivity index (χ0) is 33.9. The highest BCUT2D eigenvalue weighted by Crippen LogP contribution is 2.28. The molecule has 256 valence electrons. The molecule has 48 heavy (non-hydrogen) atoms. The molecule has 0 aromatic heterocycles. The summed E-state index contributed by atoms with van der Waals surface area (Å²) in [5.41, 5.74) is 4.56. The summed E-state index contributed by atoms with van der Waals surface area (Å²) in [6.07, 6.45) is 2.94. The van der Waals surface area contributed by atoms with E-state index in [0.29, 0.717) is 12.1 Å². The van der Waals surface area contributed by atoms with Gasteiger partial charge >= 0.3 is 6.09 Å². The highest BCUT2D eigenvalue weighted by Gasteiger charge is 2.28. The van der Waals surface area contributed by atoms with Crippen molar-refractivity contribution >= 4 is 23.6 Å². The Morgan fingerprint density at radius 1 is 0.833 bits per heavy atom. The van der Waals surface area contributed by atoms with Crippen LogP contribution in [0.2, 0.25) is 0 Å². The predicted octanol–water partition coefficient (Wildman–Crippen LogP) is 6.22. The van der Waals surface area contributed by atoms with Crippen molar-refractivity contribution in [3.05, 3.63) is 90.0 Å². The van der Waals surface area contributed by atoms with E-state index < -0.39 is 6.09 Å². The van der Waals surface area contributed by atoms with Crippen LogP contribution in [0.25, 0.3) is 11.1 Å². The van der Waals surface area contributed by atoms with Gasteiger partial charge in [0.2, 0.25) is 5.91 Å². The average Bonchev–Trinajstić information content (AvgIpc) is 3.12. The second-order valence-corrected chi connectivity index (χ2v) is 13.0. The van der Waals surface area contributed by atoms with Crippen LogP contribution in [0.3, 0.4) is 0 Å². The van der Waals surface area contributed by atoms with Crippen LogP contribution in [0.5, 0.6) is 0 Å². The quantitative estimate of drug-likeness (QED) is 0.250. The number of para-hydroxylation sites is 1. The van der Waals surface area contributed by atoms with Crippen molar-refractivity contribution in [2.45, 2.75) is 52.2 Å². The van der Waals surface area contributed by atoms with E-state index in [1.54, 1.807) is 4.90 Å². The predicted molar refractivity (Wildman–Crippen MR) is 191 cm³/mol. The van der Waals surface area contributed by atoms with Gasteiger partial charge in [0.25, 0.3) is 5.91 Å². The van der Waals surface area contributed by atoms with Gasteiger partial charge in [-0.25, -0.2) is 4.79 Å². The molecule has 0 unspecified atom stereocenters. The third-order valence-corrected chi connectivity index (χ3v) is 9.69. The number of piperidine rings is 2. The summed E-state index contributed by atoms with van der Waals surface area (Å²) in [5, 5.41) is 2.94. The van der Waals surface area contributed by atoms with Crippen molar-refractivity contribution in [1.29, 1.82) is 0 Å². The highest BCUT2D eigenvalue weighted by molar-refractivity contribution is 5.94. The van der Waals surface area contributed by atoms with Crippen LogP contribution in [0.4, 0.5) is 10.5 Å². The second kappa shape index (κ2) is 17.3. The molecule has 3 aromatic carbocycles. The number of likely N-dealkylation sites (tertiary alicyclic amines) is 2. The van der Waals surface area contributed by atoms with Gasteiger partial charge in [-0.3, -0.25) is 19.8 Å². The lowest BCUT2D eigenvalue weighted by Crippen LogP contribution is -2.44. The van der Waals surface area contributed by atoms with Gasteiger partial charge in [0.15, 0.2) is 0 Å². The highest BCUT2D eigenvalue weighted by atomic mass is 16.6. The number of nitrogens with one attached hydrogen (secondary N) is 1. The van der Waals surface area contributed by atoms with Gasteiger partial charge in [-0.05, 0) is 75.4 Å². The third kappa shape index (κ3) is 9.45. The summed E-state index contributed by atoms with van der Waals surface area (Å²) in [4.78, 5) is 47.3. The van der Waals surface area contributed by atoms with Gasteiger partial charge in [-0.1, -0.05) is 60.7 Å². The molecule has 1 atom stereocenters. The minimum absolute atomic E-state index is 0.00933. The number of hydrogen-bond acceptors (Lipinski definition) is 6. The van der Waals surface area contributed by atoms with Crippen LogP contribution in [-0.2, 0) is 16.1 Å². The monoisotopic (exact) mass is 653 g/mol. The van der Waals surface area contributed by atoms with Crippen molar-refractivity contribution in [3.8, 4) is 11.1 Å². The number of rotatable bonds is 12. The van der Waals surface area contributed by atoms with Gasteiger partial charge in [0.1, 0.15) is 6.10 Å². The van der Waals surface area contributed by atoms with Gasteiger partial charge in [-0.15, -0.1) is 0 Å². The molecule has 9 nitrogen and oxygen atoms in total. The first-order valence-corrected chi connectivity index (χ1v) is 17.5. The Morgan fingerprint density at radius 3 is 2.23 bits per heavy atom. The number of anilines is 1. The Balaban J connectivity index is 1.02. The average molecular weight is 654 g/mol. The number of benzene rings is 3. The van der Waals surface area contributed by atoms with Crippen LogP contribution in [0.15, 0.2) is 78.9 Å². The number of hydrogen-bond donors (Lipinski definition) is 1. The summed E-state index contributed by atoms with van der Waals surface area (Å²) >= 11 is 0. The van der Waals surface area contributed by atoms with E-state index in [9.17, 15) is 14.4 Å². The molecular weight excluding hydrogens is 602 g/mol. The standard InChI is InChI=1S/C39H51N5O4/c1-4-44(5-2)38(46)33-14-11-23-43(29-33)28-30-17-19-32(20-18-30)37(45)41(3)26-27-42-24-21-34(22-25-42)48-39(47)40-36-16-10-9-15-35(36)31-12-7-6-8-13-31/h6-10,12-13,15-20,33-34H,4-5,11,14,21-29H2,1-3H3,(H,40,47)/t33-/m0/s1. The van der Waals surface area contributed by atoms with Crippen LogP contribution in [0, 0.1) is 5.92 Å². The van der Waals surface area contributed by atoms with Crippen LogP contribution in [-0.4, -0.2) is 103 Å². The van der Waals surface area contributed by atoms with Crippen molar-refractivity contribution in [2.24, 2.45) is 5.92 Å². The zero-order valence-corrected chi connectivity index (χ0v) is 28.8. The molecule has 9 heteroatoms. The summed E-state index contributed by atoms with van der Waals surface area (Å²) in [6.45, 7) is 11.2. The number of amides is 3. The summed E-state index contributed by atoms with van der Waals surface area (Å²) in [7, 11) is 1.85. The number of likely N-dealkylation sites (N-methyl/N-ethyl adjacent to an activating group) is 1. The van der Waals surface area contributed by atoms with Gasteiger partial charge in [0.05, 0.1) is 11.6 Å². The Morgan fingerprint density at radius 2 is 1.52 bits per heavy atom. The van der Waals surface area contributed by atoms with Crippen LogP contribution < -0.4 is 5.32 Å². The Hall–Kier alpha value is -4.21. The molecule has 5 rings (SSSR count). The van der Waals surface area contributed by atoms with E-state index in [1.165, 1.54) is 0 Å². The second-order valence-electron chi connectivity index (χ2n) is 13.0. The van der Waals surface area contributed by atoms with E-state index in [1.807, 2.05) is 105 Å². The van der Waals surface area contributed by atoms with E-state index >= 15 is 0 Å². The lowest BCUT2D eigenvalue weighted by Gasteiger charge is -2.34. The van der Waals surface area contributed by atoms with Crippen molar-refractivity contribution in [2.75, 3.05) is 64.7 Å². The maximum absolute atomic E-state index is 13.2. The molecule has 2 aliphatic rings. The van der Waals surface area contributed by atoms with Gasteiger partial charge in [0, 0.05) is 70.5 Å². The molecule has 2 heterocycles. The molecule has 2 fully saturated rings. The van der Waals surface area contributed by atoms with Crippen LogP contribution >= 0.6 is 0 Å². The zero-order valence-electron chi connectivity index (χ0n) is 28.8. The molecule has 0 radical (unpaired) electrons. The first-order chi connectivity index (χ1) is 23.3. The fourth-order valence-corrected chi connectivity index (χ4v) is 6.82. The fraction of sp³-hybridized carbons (Fsp3) is 0.462. The molecule has 3 aromatic rings. The maximum atomic E-state index is 13.2. The number of nitrogens with zero attached hydrogens (tertiary/aromatic N) is 4. The minimum atomic E-state index is -0.432. The van der Waals surface area contributed by atoms with E-state index in [2.05, 4.69) is 15.1 Å².